The number of hydrogen-bond donors (Lipinski definition) is 2. The summed E-state index contributed by atoms with van der Waals surface area (Å²) in [5.41, 5.74) is 6.02. The zero-order valence-corrected chi connectivity index (χ0v) is 12.7. The molecule has 0 aliphatic carbocycles. The van der Waals surface area contributed by atoms with Gasteiger partial charge < -0.3 is 11.1 Å². The van der Waals surface area contributed by atoms with Gasteiger partial charge in [0, 0.05) is 11.9 Å². The van der Waals surface area contributed by atoms with Crippen LogP contribution in [-0.4, -0.2) is 16.1 Å². The summed E-state index contributed by atoms with van der Waals surface area (Å²) in [5, 5.41) is 3.26. The van der Waals surface area contributed by atoms with E-state index >= 15 is 0 Å². The highest BCUT2D eigenvalue weighted by atomic mass is 35.5. The lowest BCUT2D eigenvalue weighted by Gasteiger charge is -2.12. The molecule has 1 amide bonds. The highest BCUT2D eigenvalue weighted by molar-refractivity contribution is 8.00. The van der Waals surface area contributed by atoms with Crippen LogP contribution in [0, 0.1) is 5.82 Å². The predicted molar refractivity (Wildman–Crippen MR) is 84.0 cm³/mol. The largest absolute Gasteiger partial charge is 0.399 e. The zero-order valence-electron chi connectivity index (χ0n) is 11.1. The summed E-state index contributed by atoms with van der Waals surface area (Å²) in [4.78, 5) is 16.2. The first-order valence-corrected chi connectivity index (χ1v) is 7.35. The second-order valence-corrected chi connectivity index (χ2v) is 6.10. The molecule has 21 heavy (non-hydrogen) atoms. The fourth-order valence-electron chi connectivity index (χ4n) is 1.54. The first-order valence-electron chi connectivity index (χ1n) is 6.10. The van der Waals surface area contributed by atoms with Crippen LogP contribution in [-0.2, 0) is 4.79 Å². The van der Waals surface area contributed by atoms with Gasteiger partial charge in [-0.25, -0.2) is 9.37 Å². The molecule has 0 saturated carbocycles. The van der Waals surface area contributed by atoms with Crippen molar-refractivity contribution in [3.8, 4) is 0 Å². The van der Waals surface area contributed by atoms with Crippen molar-refractivity contribution in [2.45, 2.75) is 17.2 Å². The normalized spacial score (nSPS) is 12.0. The Labute approximate surface area is 130 Å². The van der Waals surface area contributed by atoms with Gasteiger partial charge in [-0.3, -0.25) is 4.79 Å². The zero-order chi connectivity index (χ0) is 15.4. The van der Waals surface area contributed by atoms with Gasteiger partial charge in [-0.2, -0.15) is 0 Å². The third kappa shape index (κ3) is 4.34. The first kappa shape index (κ1) is 15.6. The minimum Gasteiger partial charge on any atom is -0.399 e. The molecule has 1 atom stereocenters. The number of nitrogen functional groups attached to an aromatic ring is 1. The Kier molecular flexibility index (Phi) is 5.03. The molecule has 7 heteroatoms. The number of nitrogens with two attached hydrogens (primary N) is 1. The van der Waals surface area contributed by atoms with E-state index in [0.717, 1.165) is 0 Å². The number of amides is 1. The van der Waals surface area contributed by atoms with Crippen molar-refractivity contribution in [1.29, 1.82) is 0 Å². The molecule has 3 N–H and O–H groups in total. The molecule has 0 saturated heterocycles. The summed E-state index contributed by atoms with van der Waals surface area (Å²) in [6.45, 7) is 1.71. The van der Waals surface area contributed by atoms with Crippen LogP contribution in [0.25, 0.3) is 0 Å². The molecule has 0 radical (unpaired) electrons. The maximum atomic E-state index is 13.6. The first-order chi connectivity index (χ1) is 9.95. The maximum Gasteiger partial charge on any atom is 0.237 e. The monoisotopic (exact) mass is 325 g/mol. The number of thioether (sulfide) groups is 1. The van der Waals surface area contributed by atoms with E-state index in [2.05, 4.69) is 10.3 Å². The van der Waals surface area contributed by atoms with Crippen molar-refractivity contribution in [3.63, 3.8) is 0 Å². The summed E-state index contributed by atoms with van der Waals surface area (Å²) < 4.78 is 13.6. The summed E-state index contributed by atoms with van der Waals surface area (Å²) in [6, 6.07) is 7.44. The number of aromatic nitrogens is 1. The van der Waals surface area contributed by atoms with E-state index in [1.807, 2.05) is 0 Å². The van der Waals surface area contributed by atoms with E-state index < -0.39 is 11.1 Å². The van der Waals surface area contributed by atoms with Crippen LogP contribution in [0.3, 0.4) is 0 Å². The van der Waals surface area contributed by atoms with E-state index in [1.165, 1.54) is 36.2 Å². The third-order valence-corrected chi connectivity index (χ3v) is 3.89. The number of carbonyl (C=O) groups excluding carboxylic acids is 1. The summed E-state index contributed by atoms with van der Waals surface area (Å²) >= 11 is 7.00. The Balaban J connectivity index is 2.02. The highest BCUT2D eigenvalue weighted by Gasteiger charge is 2.16. The van der Waals surface area contributed by atoms with Crippen molar-refractivity contribution in [3.05, 3.63) is 47.4 Å². The number of carbonyl (C=O) groups is 1. The number of nitrogens with one attached hydrogen (secondary N) is 1. The van der Waals surface area contributed by atoms with E-state index in [1.54, 1.807) is 19.1 Å². The summed E-state index contributed by atoms with van der Waals surface area (Å²) in [6.07, 6.45) is 1.51. The minimum absolute atomic E-state index is 0.0662. The standard InChI is InChI=1S/C14H13ClFN3OS/c1-8(21-13-5-2-9(15)7-18-13)14(20)19-12-6-10(17)3-4-11(12)16/h2-8H,17H2,1H3,(H,19,20). The predicted octanol–water partition coefficient (Wildman–Crippen LogP) is 3.58. The van der Waals surface area contributed by atoms with Gasteiger partial charge in [-0.05, 0) is 37.3 Å². The van der Waals surface area contributed by atoms with Crippen LogP contribution in [0.15, 0.2) is 41.6 Å². The van der Waals surface area contributed by atoms with Crippen LogP contribution in [0.4, 0.5) is 15.8 Å². The van der Waals surface area contributed by atoms with Crippen LogP contribution in [0.2, 0.25) is 5.02 Å². The van der Waals surface area contributed by atoms with Gasteiger partial charge in [0.05, 0.1) is 21.0 Å². The second kappa shape index (κ2) is 6.78. The van der Waals surface area contributed by atoms with Crippen molar-refractivity contribution in [2.24, 2.45) is 0 Å². The number of benzene rings is 1. The smallest absolute Gasteiger partial charge is 0.237 e. The van der Waals surface area contributed by atoms with Crippen molar-refractivity contribution >= 4 is 40.6 Å². The van der Waals surface area contributed by atoms with E-state index in [-0.39, 0.29) is 11.6 Å². The van der Waals surface area contributed by atoms with Crippen LogP contribution in [0.5, 0.6) is 0 Å². The summed E-state index contributed by atoms with van der Waals surface area (Å²) in [5.74, 6) is -0.861. The number of anilines is 2. The fraction of sp³-hybridized carbons (Fsp3) is 0.143. The van der Waals surface area contributed by atoms with Gasteiger partial charge in [0.2, 0.25) is 5.91 Å². The molecule has 4 nitrogen and oxygen atoms in total. The molecule has 0 fully saturated rings. The Morgan fingerprint density at radius 2 is 2.19 bits per heavy atom. The quantitative estimate of drug-likeness (QED) is 0.666. The molecule has 0 bridgehead atoms. The average Bonchev–Trinajstić information content (AvgIpc) is 2.45. The molecule has 0 spiro atoms. The lowest BCUT2D eigenvalue weighted by atomic mass is 10.2. The maximum absolute atomic E-state index is 13.6. The summed E-state index contributed by atoms with van der Waals surface area (Å²) in [7, 11) is 0. The van der Waals surface area contributed by atoms with Crippen molar-refractivity contribution in [2.75, 3.05) is 11.1 Å². The topological polar surface area (TPSA) is 68.0 Å². The van der Waals surface area contributed by atoms with E-state index in [4.69, 9.17) is 17.3 Å². The number of nitrogens with zero attached hydrogens (tertiary/aromatic N) is 1. The molecule has 2 aromatic rings. The lowest BCUT2D eigenvalue weighted by Crippen LogP contribution is -2.23. The molecule has 1 aromatic heterocycles. The Bertz CT molecular complexity index is 651. The molecular weight excluding hydrogens is 313 g/mol. The number of rotatable bonds is 4. The molecule has 0 aliphatic heterocycles. The Morgan fingerprint density at radius 1 is 1.43 bits per heavy atom. The van der Waals surface area contributed by atoms with E-state index in [9.17, 15) is 9.18 Å². The van der Waals surface area contributed by atoms with Crippen molar-refractivity contribution in [1.82, 2.24) is 4.98 Å². The molecule has 0 aliphatic rings. The molecule has 1 heterocycles. The van der Waals surface area contributed by atoms with Gasteiger partial charge in [0.15, 0.2) is 0 Å². The van der Waals surface area contributed by atoms with Gasteiger partial charge in [0.25, 0.3) is 0 Å². The second-order valence-electron chi connectivity index (χ2n) is 4.30. The van der Waals surface area contributed by atoms with Gasteiger partial charge >= 0.3 is 0 Å². The average molecular weight is 326 g/mol. The van der Waals surface area contributed by atoms with Crippen LogP contribution >= 0.6 is 23.4 Å². The molecule has 110 valence electrons. The highest BCUT2D eigenvalue weighted by Crippen LogP contribution is 2.24. The SMILES string of the molecule is CC(Sc1ccc(Cl)cn1)C(=O)Nc1cc(N)ccc1F. The number of pyridine rings is 1. The lowest BCUT2D eigenvalue weighted by molar-refractivity contribution is -0.115. The minimum atomic E-state index is -0.528. The van der Waals surface area contributed by atoms with Crippen LogP contribution < -0.4 is 11.1 Å². The number of halogens is 2. The van der Waals surface area contributed by atoms with Gasteiger partial charge in [0.1, 0.15) is 5.82 Å². The van der Waals surface area contributed by atoms with Crippen LogP contribution in [0.1, 0.15) is 6.92 Å². The van der Waals surface area contributed by atoms with Gasteiger partial charge in [-0.15, -0.1) is 0 Å². The number of hydrogen-bond acceptors (Lipinski definition) is 4. The molecular formula is C14H13ClFN3OS. The Morgan fingerprint density at radius 3 is 2.86 bits per heavy atom. The molecule has 1 aromatic carbocycles. The molecule has 1 unspecified atom stereocenters. The Hall–Kier alpha value is -1.79. The van der Waals surface area contributed by atoms with Crippen molar-refractivity contribution < 1.29 is 9.18 Å². The van der Waals surface area contributed by atoms with Gasteiger partial charge in [-0.1, -0.05) is 23.4 Å². The molecule has 2 rings (SSSR count). The fourth-order valence-corrected chi connectivity index (χ4v) is 2.44. The third-order valence-electron chi connectivity index (χ3n) is 2.62. The van der Waals surface area contributed by atoms with E-state index in [0.29, 0.717) is 15.7 Å².